The lowest BCUT2D eigenvalue weighted by Crippen LogP contribution is -2.29. The Kier molecular flexibility index (Phi) is 3.39. The summed E-state index contributed by atoms with van der Waals surface area (Å²) in [4.78, 5) is 20.3. The molecule has 0 aliphatic carbocycles. The highest BCUT2D eigenvalue weighted by molar-refractivity contribution is 5.52. The van der Waals surface area contributed by atoms with Crippen LogP contribution in [0, 0.1) is 20.2 Å². The number of aromatic nitrogens is 3. The number of benzene rings is 1. The minimum absolute atomic E-state index is 0.166. The van der Waals surface area contributed by atoms with E-state index in [1.54, 1.807) is 13.8 Å². The summed E-state index contributed by atoms with van der Waals surface area (Å²) >= 11 is 0. The standard InChI is InChI=1S/C11H12N6O4/c1-11(2,12)10-6-15(14-13-10)7-3-8(16(18)19)5-9(4-7)17(20)21/h3-6H,12H2,1-2H3. The Morgan fingerprint density at radius 3 is 2.05 bits per heavy atom. The van der Waals surface area contributed by atoms with E-state index in [1.165, 1.54) is 23.0 Å². The Morgan fingerprint density at radius 2 is 1.67 bits per heavy atom. The zero-order valence-corrected chi connectivity index (χ0v) is 11.3. The molecule has 110 valence electrons. The molecule has 0 aliphatic rings. The van der Waals surface area contributed by atoms with Crippen molar-refractivity contribution in [1.29, 1.82) is 0 Å². The number of nitrogens with two attached hydrogens (primary N) is 1. The lowest BCUT2D eigenvalue weighted by molar-refractivity contribution is -0.394. The van der Waals surface area contributed by atoms with Crippen LogP contribution in [-0.4, -0.2) is 24.8 Å². The number of nitrogens with zero attached hydrogens (tertiary/aromatic N) is 5. The van der Waals surface area contributed by atoms with Gasteiger partial charge in [-0.3, -0.25) is 20.2 Å². The number of nitro groups is 2. The molecule has 0 saturated carbocycles. The van der Waals surface area contributed by atoms with Crippen molar-refractivity contribution in [3.63, 3.8) is 0 Å². The van der Waals surface area contributed by atoms with E-state index in [9.17, 15) is 20.2 Å². The second-order valence-electron chi connectivity index (χ2n) is 4.99. The molecule has 2 N–H and O–H groups in total. The zero-order valence-electron chi connectivity index (χ0n) is 11.3. The first-order valence-corrected chi connectivity index (χ1v) is 5.84. The average molecular weight is 292 g/mol. The third-order valence-corrected chi connectivity index (χ3v) is 2.73. The maximum Gasteiger partial charge on any atom is 0.278 e. The smallest absolute Gasteiger partial charge is 0.278 e. The second kappa shape index (κ2) is 4.90. The molecule has 1 aromatic carbocycles. The van der Waals surface area contributed by atoms with Crippen LogP contribution < -0.4 is 5.73 Å². The summed E-state index contributed by atoms with van der Waals surface area (Å²) in [7, 11) is 0. The number of rotatable bonds is 4. The fourth-order valence-electron chi connectivity index (χ4n) is 1.61. The third-order valence-electron chi connectivity index (χ3n) is 2.73. The van der Waals surface area contributed by atoms with Crippen LogP contribution in [0.4, 0.5) is 11.4 Å². The van der Waals surface area contributed by atoms with Crippen molar-refractivity contribution < 1.29 is 9.85 Å². The van der Waals surface area contributed by atoms with E-state index < -0.39 is 26.8 Å². The Labute approximate surface area is 118 Å². The van der Waals surface area contributed by atoms with E-state index in [-0.39, 0.29) is 5.69 Å². The highest BCUT2D eigenvalue weighted by Gasteiger charge is 2.21. The maximum atomic E-state index is 10.8. The fourth-order valence-corrected chi connectivity index (χ4v) is 1.61. The minimum atomic E-state index is -0.745. The van der Waals surface area contributed by atoms with E-state index in [4.69, 9.17) is 5.73 Å². The van der Waals surface area contributed by atoms with Crippen LogP contribution in [0.3, 0.4) is 0 Å². The topological polar surface area (TPSA) is 143 Å². The third kappa shape index (κ3) is 3.00. The van der Waals surface area contributed by atoms with Gasteiger partial charge < -0.3 is 5.73 Å². The molecule has 0 bridgehead atoms. The molecule has 10 heteroatoms. The second-order valence-corrected chi connectivity index (χ2v) is 4.99. The number of hydrogen-bond donors (Lipinski definition) is 1. The van der Waals surface area contributed by atoms with Crippen molar-refractivity contribution in [3.8, 4) is 5.69 Å². The van der Waals surface area contributed by atoms with Gasteiger partial charge in [0.05, 0.1) is 33.3 Å². The summed E-state index contributed by atoms with van der Waals surface area (Å²) in [6, 6.07) is 3.23. The van der Waals surface area contributed by atoms with Gasteiger partial charge >= 0.3 is 0 Å². The summed E-state index contributed by atoms with van der Waals surface area (Å²) < 4.78 is 1.21. The normalized spacial score (nSPS) is 11.4. The number of hydrogen-bond acceptors (Lipinski definition) is 7. The summed E-state index contributed by atoms with van der Waals surface area (Å²) in [6.07, 6.45) is 1.47. The minimum Gasteiger partial charge on any atom is -0.320 e. The molecule has 0 spiro atoms. The summed E-state index contributed by atoms with van der Waals surface area (Å²) in [5, 5.41) is 29.3. The largest absolute Gasteiger partial charge is 0.320 e. The predicted molar refractivity (Wildman–Crippen MR) is 71.9 cm³/mol. The van der Waals surface area contributed by atoms with Crippen LogP contribution in [0.25, 0.3) is 5.69 Å². The van der Waals surface area contributed by atoms with Crippen LogP contribution in [0.5, 0.6) is 0 Å². The van der Waals surface area contributed by atoms with Crippen LogP contribution >= 0.6 is 0 Å². The number of nitro benzene ring substituents is 2. The maximum absolute atomic E-state index is 10.8. The van der Waals surface area contributed by atoms with Gasteiger partial charge in [-0.2, -0.15) is 0 Å². The molecule has 0 atom stereocenters. The summed E-state index contributed by atoms with van der Waals surface area (Å²) in [5.74, 6) is 0. The molecule has 0 fully saturated rings. The molecule has 1 aromatic heterocycles. The van der Waals surface area contributed by atoms with Crippen LogP contribution in [-0.2, 0) is 5.54 Å². The van der Waals surface area contributed by atoms with Crippen molar-refractivity contribution in [2.75, 3.05) is 0 Å². The van der Waals surface area contributed by atoms with E-state index in [2.05, 4.69) is 10.3 Å². The molecule has 1 heterocycles. The van der Waals surface area contributed by atoms with Gasteiger partial charge in [0.1, 0.15) is 5.69 Å². The predicted octanol–water partition coefficient (Wildman–Crippen LogP) is 1.28. The summed E-state index contributed by atoms with van der Waals surface area (Å²) in [5.41, 5.74) is 4.95. The SMILES string of the molecule is CC(C)(N)c1cn(-c2cc([N+](=O)[O-])cc([N+](=O)[O-])c2)nn1. The first-order chi connectivity index (χ1) is 9.68. The number of non-ortho nitro benzene ring substituents is 2. The van der Waals surface area contributed by atoms with Crippen molar-refractivity contribution in [2.24, 2.45) is 5.73 Å². The fraction of sp³-hybridized carbons (Fsp3) is 0.273. The molecule has 0 radical (unpaired) electrons. The van der Waals surface area contributed by atoms with E-state index in [0.29, 0.717) is 5.69 Å². The molecular weight excluding hydrogens is 280 g/mol. The van der Waals surface area contributed by atoms with E-state index >= 15 is 0 Å². The van der Waals surface area contributed by atoms with Gasteiger partial charge in [-0.1, -0.05) is 5.21 Å². The van der Waals surface area contributed by atoms with Crippen molar-refractivity contribution >= 4 is 11.4 Å². The molecule has 2 rings (SSSR count). The van der Waals surface area contributed by atoms with Crippen molar-refractivity contribution in [3.05, 3.63) is 50.3 Å². The van der Waals surface area contributed by atoms with Gasteiger partial charge in [0, 0.05) is 12.1 Å². The van der Waals surface area contributed by atoms with Crippen LogP contribution in [0.1, 0.15) is 19.5 Å². The molecule has 0 saturated heterocycles. The zero-order chi connectivity index (χ0) is 15.8. The van der Waals surface area contributed by atoms with Gasteiger partial charge in [-0.25, -0.2) is 4.68 Å². The average Bonchev–Trinajstić information content (AvgIpc) is 2.87. The lowest BCUT2D eigenvalue weighted by Gasteiger charge is -2.13. The van der Waals surface area contributed by atoms with Crippen molar-refractivity contribution in [2.45, 2.75) is 19.4 Å². The quantitative estimate of drug-likeness (QED) is 0.660. The van der Waals surface area contributed by atoms with Gasteiger partial charge in [-0.05, 0) is 13.8 Å². The van der Waals surface area contributed by atoms with E-state index in [1.807, 2.05) is 0 Å². The molecule has 10 nitrogen and oxygen atoms in total. The van der Waals surface area contributed by atoms with E-state index in [0.717, 1.165) is 6.07 Å². The van der Waals surface area contributed by atoms with Gasteiger partial charge in [0.15, 0.2) is 0 Å². The summed E-state index contributed by atoms with van der Waals surface area (Å²) in [6.45, 7) is 3.44. The van der Waals surface area contributed by atoms with Crippen molar-refractivity contribution in [1.82, 2.24) is 15.0 Å². The van der Waals surface area contributed by atoms with Crippen LogP contribution in [0.15, 0.2) is 24.4 Å². The Hall–Kier alpha value is -2.88. The first-order valence-electron chi connectivity index (χ1n) is 5.84. The molecule has 2 aromatic rings. The molecular formula is C11H12N6O4. The van der Waals surface area contributed by atoms with Crippen LogP contribution in [0.2, 0.25) is 0 Å². The molecule has 0 unspecified atom stereocenters. The monoisotopic (exact) mass is 292 g/mol. The highest BCUT2D eigenvalue weighted by atomic mass is 16.6. The Balaban J connectivity index is 2.55. The lowest BCUT2D eigenvalue weighted by atomic mass is 10.0. The van der Waals surface area contributed by atoms with Gasteiger partial charge in [0.25, 0.3) is 11.4 Å². The van der Waals surface area contributed by atoms with Gasteiger partial charge in [-0.15, -0.1) is 5.10 Å². The molecule has 0 amide bonds. The first kappa shape index (κ1) is 14.5. The molecule has 21 heavy (non-hydrogen) atoms. The Morgan fingerprint density at radius 1 is 1.14 bits per heavy atom. The Bertz CT molecular complexity index is 685. The van der Waals surface area contributed by atoms with Gasteiger partial charge in [0.2, 0.25) is 0 Å². The molecule has 0 aliphatic heterocycles. The highest BCUT2D eigenvalue weighted by Crippen LogP contribution is 2.25.